The third-order valence-electron chi connectivity index (χ3n) is 6.08. The molecule has 1 unspecified atom stereocenters. The van der Waals surface area contributed by atoms with Gasteiger partial charge < -0.3 is 15.3 Å². The second-order valence-corrected chi connectivity index (χ2v) is 7.83. The Morgan fingerprint density at radius 3 is 2.69 bits per heavy atom. The molecule has 3 atom stereocenters. The Balaban J connectivity index is 1.34. The van der Waals surface area contributed by atoms with Crippen LogP contribution in [-0.4, -0.2) is 40.9 Å². The van der Waals surface area contributed by atoms with E-state index in [2.05, 4.69) is 5.32 Å². The highest BCUT2D eigenvalue weighted by Crippen LogP contribution is 2.44. The fraction of sp³-hybridized carbons (Fsp3) is 0.550. The second kappa shape index (κ2) is 6.74. The molecule has 0 aromatic heterocycles. The van der Waals surface area contributed by atoms with Gasteiger partial charge in [0.15, 0.2) is 0 Å². The lowest BCUT2D eigenvalue weighted by Gasteiger charge is -2.25. The zero-order chi connectivity index (χ0) is 18.3. The minimum absolute atomic E-state index is 0.0222. The smallest absolute Gasteiger partial charge is 0.308 e. The van der Waals surface area contributed by atoms with Crippen LogP contribution in [0.25, 0.3) is 0 Å². The van der Waals surface area contributed by atoms with E-state index >= 15 is 0 Å². The number of hydrogen-bond acceptors (Lipinski definition) is 3. The molecule has 26 heavy (non-hydrogen) atoms. The summed E-state index contributed by atoms with van der Waals surface area (Å²) in [5, 5.41) is 12.3. The van der Waals surface area contributed by atoms with E-state index in [9.17, 15) is 19.5 Å². The molecule has 1 saturated heterocycles. The number of likely N-dealkylation sites (tertiary alicyclic amines) is 1. The lowest BCUT2D eigenvalue weighted by molar-refractivity contribution is -0.142. The van der Waals surface area contributed by atoms with Crippen molar-refractivity contribution in [2.45, 2.75) is 32.1 Å². The van der Waals surface area contributed by atoms with Crippen LogP contribution in [0.4, 0.5) is 5.69 Å². The minimum atomic E-state index is -0.791. The number of nitrogens with zero attached hydrogens (tertiary/aromatic N) is 1. The Morgan fingerprint density at radius 2 is 1.96 bits per heavy atom. The Labute approximate surface area is 152 Å². The number of hydrogen-bond donors (Lipinski definition) is 2. The molecule has 0 spiro atoms. The summed E-state index contributed by atoms with van der Waals surface area (Å²) in [6, 6.07) is 7.74. The first-order chi connectivity index (χ1) is 12.5. The number of rotatable bonds is 5. The molecule has 138 valence electrons. The van der Waals surface area contributed by atoms with Crippen LogP contribution < -0.4 is 5.32 Å². The molecule has 6 heteroatoms. The van der Waals surface area contributed by atoms with Gasteiger partial charge in [0.25, 0.3) is 0 Å². The van der Waals surface area contributed by atoms with Crippen LogP contribution in [0.15, 0.2) is 24.3 Å². The zero-order valence-corrected chi connectivity index (χ0v) is 14.7. The van der Waals surface area contributed by atoms with Crippen LogP contribution in [0.3, 0.4) is 0 Å². The SMILES string of the molecule is O=C1Nc2ccccc2CC1CCC(=O)N1C[C@H](C(=O)O)[C@@H](C2CC2)C1. The third kappa shape index (κ3) is 3.32. The van der Waals surface area contributed by atoms with Gasteiger partial charge in [-0.2, -0.15) is 0 Å². The van der Waals surface area contributed by atoms with E-state index in [-0.39, 0.29) is 23.7 Å². The third-order valence-corrected chi connectivity index (χ3v) is 6.08. The van der Waals surface area contributed by atoms with Crippen LogP contribution in [0.1, 0.15) is 31.2 Å². The fourth-order valence-electron chi connectivity index (χ4n) is 4.40. The number of carbonyl (C=O) groups excluding carboxylic acids is 2. The molecule has 2 N–H and O–H groups in total. The summed E-state index contributed by atoms with van der Waals surface area (Å²) in [4.78, 5) is 38.1. The van der Waals surface area contributed by atoms with E-state index in [1.807, 2.05) is 24.3 Å². The van der Waals surface area contributed by atoms with Crippen LogP contribution in [0, 0.1) is 23.7 Å². The van der Waals surface area contributed by atoms with Gasteiger partial charge in [-0.05, 0) is 49.1 Å². The number of carboxylic acids is 1. The summed E-state index contributed by atoms with van der Waals surface area (Å²) < 4.78 is 0. The molecule has 0 radical (unpaired) electrons. The van der Waals surface area contributed by atoms with Crippen molar-refractivity contribution in [2.24, 2.45) is 23.7 Å². The number of benzene rings is 1. The molecule has 1 aliphatic carbocycles. The highest BCUT2D eigenvalue weighted by molar-refractivity contribution is 5.96. The average molecular weight is 356 g/mol. The van der Waals surface area contributed by atoms with Gasteiger partial charge in [-0.15, -0.1) is 0 Å². The predicted octanol–water partition coefficient (Wildman–Crippen LogP) is 2.15. The van der Waals surface area contributed by atoms with Crippen LogP contribution >= 0.6 is 0 Å². The van der Waals surface area contributed by atoms with Gasteiger partial charge in [0.05, 0.1) is 5.92 Å². The maximum absolute atomic E-state index is 12.6. The van der Waals surface area contributed by atoms with Crippen LogP contribution in [0.5, 0.6) is 0 Å². The van der Waals surface area contributed by atoms with E-state index in [0.717, 1.165) is 24.1 Å². The van der Waals surface area contributed by atoms with Crippen molar-refractivity contribution in [3.05, 3.63) is 29.8 Å². The van der Waals surface area contributed by atoms with Gasteiger partial charge in [0.2, 0.25) is 11.8 Å². The van der Waals surface area contributed by atoms with Gasteiger partial charge in [0.1, 0.15) is 0 Å². The largest absolute Gasteiger partial charge is 0.481 e. The standard InChI is InChI=1S/C20H24N2O4/c23-18(22-10-15(12-5-6-12)16(11-22)20(25)26)8-7-14-9-13-3-1-2-4-17(13)21-19(14)24/h1-4,12,14-16H,5-11H2,(H,21,24)(H,25,26)/t14?,15-,16+/m1/s1. The van der Waals surface area contributed by atoms with Crippen molar-refractivity contribution >= 4 is 23.5 Å². The summed E-state index contributed by atoms with van der Waals surface area (Å²) in [6.07, 6.45) is 3.61. The van der Waals surface area contributed by atoms with Crippen molar-refractivity contribution in [1.82, 2.24) is 4.90 Å². The molecule has 0 bridgehead atoms. The van der Waals surface area contributed by atoms with Crippen molar-refractivity contribution in [3.8, 4) is 0 Å². The number of carboxylic acid groups (broad SMARTS) is 1. The molecule has 2 fully saturated rings. The van der Waals surface area contributed by atoms with Crippen molar-refractivity contribution < 1.29 is 19.5 Å². The Morgan fingerprint density at radius 1 is 1.19 bits per heavy atom. The van der Waals surface area contributed by atoms with Crippen molar-refractivity contribution in [3.63, 3.8) is 0 Å². The Kier molecular flexibility index (Phi) is 4.42. The lowest BCUT2D eigenvalue weighted by atomic mass is 9.89. The monoisotopic (exact) mass is 356 g/mol. The Bertz CT molecular complexity index is 743. The average Bonchev–Trinajstić information content (AvgIpc) is 3.37. The number of nitrogens with one attached hydrogen (secondary N) is 1. The van der Waals surface area contributed by atoms with E-state index in [4.69, 9.17) is 0 Å². The molecule has 3 aliphatic rings. The minimum Gasteiger partial charge on any atom is -0.481 e. The molecule has 1 aromatic carbocycles. The van der Waals surface area contributed by atoms with Gasteiger partial charge >= 0.3 is 5.97 Å². The summed E-state index contributed by atoms with van der Waals surface area (Å²) in [5.41, 5.74) is 1.96. The summed E-state index contributed by atoms with van der Waals surface area (Å²) in [7, 11) is 0. The number of carbonyl (C=O) groups is 3. The van der Waals surface area contributed by atoms with E-state index in [0.29, 0.717) is 38.3 Å². The zero-order valence-electron chi connectivity index (χ0n) is 14.7. The molecule has 2 amide bonds. The van der Waals surface area contributed by atoms with E-state index in [1.165, 1.54) is 0 Å². The quantitative estimate of drug-likeness (QED) is 0.846. The lowest BCUT2D eigenvalue weighted by Crippen LogP contribution is -2.33. The maximum atomic E-state index is 12.6. The number of fused-ring (bicyclic) bond motifs is 1. The summed E-state index contributed by atoms with van der Waals surface area (Å²) in [5.74, 6) is -0.915. The van der Waals surface area contributed by atoms with Gasteiger partial charge in [0, 0.05) is 31.1 Å². The van der Waals surface area contributed by atoms with Crippen LogP contribution in [-0.2, 0) is 20.8 Å². The van der Waals surface area contributed by atoms with Gasteiger partial charge in [-0.1, -0.05) is 18.2 Å². The normalized spacial score (nSPS) is 27.8. The van der Waals surface area contributed by atoms with Gasteiger partial charge in [-0.3, -0.25) is 14.4 Å². The first kappa shape index (κ1) is 17.1. The second-order valence-electron chi connectivity index (χ2n) is 7.83. The number of aliphatic carboxylic acids is 1. The molecule has 6 nitrogen and oxygen atoms in total. The summed E-state index contributed by atoms with van der Waals surface area (Å²) >= 11 is 0. The molecular weight excluding hydrogens is 332 g/mol. The number of amides is 2. The highest BCUT2D eigenvalue weighted by atomic mass is 16.4. The molecule has 1 aromatic rings. The molecular formula is C20H24N2O4. The fourth-order valence-corrected chi connectivity index (χ4v) is 4.40. The highest BCUT2D eigenvalue weighted by Gasteiger charge is 2.46. The molecule has 1 saturated carbocycles. The maximum Gasteiger partial charge on any atom is 0.308 e. The summed E-state index contributed by atoms with van der Waals surface area (Å²) in [6.45, 7) is 0.870. The van der Waals surface area contributed by atoms with Gasteiger partial charge in [-0.25, -0.2) is 0 Å². The molecule has 2 aliphatic heterocycles. The number of para-hydroxylation sites is 1. The van der Waals surface area contributed by atoms with Crippen molar-refractivity contribution in [1.29, 1.82) is 0 Å². The molecule has 2 heterocycles. The van der Waals surface area contributed by atoms with Crippen LogP contribution in [0.2, 0.25) is 0 Å². The topological polar surface area (TPSA) is 86.7 Å². The van der Waals surface area contributed by atoms with E-state index < -0.39 is 11.9 Å². The number of anilines is 1. The van der Waals surface area contributed by atoms with E-state index in [1.54, 1.807) is 4.90 Å². The molecule has 4 rings (SSSR count). The Hall–Kier alpha value is -2.37. The first-order valence-electron chi connectivity index (χ1n) is 9.42. The first-order valence-corrected chi connectivity index (χ1v) is 9.42. The predicted molar refractivity (Wildman–Crippen MR) is 95.4 cm³/mol. The van der Waals surface area contributed by atoms with Crippen molar-refractivity contribution in [2.75, 3.05) is 18.4 Å².